The molecule has 2 rings (SSSR count). The maximum absolute atomic E-state index is 12.4. The Morgan fingerprint density at radius 3 is 2.67 bits per heavy atom. The fourth-order valence-corrected chi connectivity index (χ4v) is 3.36. The summed E-state index contributed by atoms with van der Waals surface area (Å²) in [6, 6.07) is -0.407. The molecule has 1 fully saturated rings. The van der Waals surface area contributed by atoms with Crippen LogP contribution in [0.2, 0.25) is 0 Å². The summed E-state index contributed by atoms with van der Waals surface area (Å²) in [5, 5.41) is 7.26. The molecule has 1 aliphatic carbocycles. The fourth-order valence-electron chi connectivity index (χ4n) is 3.36. The minimum atomic E-state index is -0.638. The summed E-state index contributed by atoms with van der Waals surface area (Å²) in [7, 11) is 1.82. The van der Waals surface area contributed by atoms with E-state index >= 15 is 0 Å². The van der Waals surface area contributed by atoms with Crippen LogP contribution >= 0.6 is 0 Å². The fraction of sp³-hybridized carbons (Fsp3) is 0.750. The number of nitrogens with one attached hydrogen (secondary N) is 1. The summed E-state index contributed by atoms with van der Waals surface area (Å²) in [4.78, 5) is 12.4. The van der Waals surface area contributed by atoms with E-state index < -0.39 is 6.04 Å². The molecule has 0 radical (unpaired) electrons. The van der Waals surface area contributed by atoms with Crippen LogP contribution in [0.4, 0.5) is 0 Å². The highest BCUT2D eigenvalue weighted by Gasteiger charge is 2.35. The topological polar surface area (TPSA) is 72.9 Å². The van der Waals surface area contributed by atoms with Crippen LogP contribution in [0.1, 0.15) is 58.1 Å². The number of hydrogen-bond donors (Lipinski definition) is 2. The number of carbonyl (C=O) groups is 1. The smallest absolute Gasteiger partial charge is 0.241 e. The Balaban J connectivity index is 2.03. The van der Waals surface area contributed by atoms with Crippen LogP contribution in [0.25, 0.3) is 0 Å². The molecule has 5 nitrogen and oxygen atoms in total. The van der Waals surface area contributed by atoms with Crippen molar-refractivity contribution in [2.24, 2.45) is 24.1 Å². The zero-order valence-electron chi connectivity index (χ0n) is 13.6. The van der Waals surface area contributed by atoms with Crippen LogP contribution in [0, 0.1) is 11.3 Å². The molecule has 3 N–H and O–H groups in total. The molecule has 0 aliphatic heterocycles. The summed E-state index contributed by atoms with van der Waals surface area (Å²) in [5.41, 5.74) is 7.03. The third-order valence-electron chi connectivity index (χ3n) is 4.57. The number of amides is 1. The molecule has 1 saturated carbocycles. The highest BCUT2D eigenvalue weighted by atomic mass is 16.2. The first-order valence-corrected chi connectivity index (χ1v) is 7.83. The first kappa shape index (κ1) is 16.0. The molecule has 0 saturated heterocycles. The van der Waals surface area contributed by atoms with Crippen LogP contribution in [0.5, 0.6) is 0 Å². The highest BCUT2D eigenvalue weighted by Crippen LogP contribution is 2.38. The Bertz CT molecular complexity index is 489. The predicted molar refractivity (Wildman–Crippen MR) is 83.5 cm³/mol. The van der Waals surface area contributed by atoms with Gasteiger partial charge in [-0.05, 0) is 24.2 Å². The summed E-state index contributed by atoms with van der Waals surface area (Å²) >= 11 is 0. The van der Waals surface area contributed by atoms with Gasteiger partial charge in [0.2, 0.25) is 5.91 Å². The second-order valence-electron chi connectivity index (χ2n) is 7.30. The molecule has 1 aliphatic rings. The van der Waals surface area contributed by atoms with Crippen molar-refractivity contribution in [1.82, 2.24) is 15.1 Å². The quantitative estimate of drug-likeness (QED) is 0.896. The largest absolute Gasteiger partial charge is 0.351 e. The van der Waals surface area contributed by atoms with Gasteiger partial charge in [0.25, 0.3) is 0 Å². The summed E-state index contributed by atoms with van der Waals surface area (Å²) in [6.45, 7) is 6.76. The molecule has 1 amide bonds. The van der Waals surface area contributed by atoms with Crippen molar-refractivity contribution in [2.75, 3.05) is 0 Å². The van der Waals surface area contributed by atoms with Crippen LogP contribution in [0.3, 0.4) is 0 Å². The molecule has 21 heavy (non-hydrogen) atoms. The minimum absolute atomic E-state index is 0.0934. The van der Waals surface area contributed by atoms with Crippen LogP contribution in [-0.4, -0.2) is 21.7 Å². The van der Waals surface area contributed by atoms with Crippen LogP contribution < -0.4 is 11.1 Å². The SMILES string of the molecule is Cn1cc(C(N)C(=O)NC2CCCCC2C(C)(C)C)cn1. The van der Waals surface area contributed by atoms with Crippen LogP contribution in [0.15, 0.2) is 12.4 Å². The average Bonchev–Trinajstić information content (AvgIpc) is 2.84. The molecule has 1 aromatic heterocycles. The third kappa shape index (κ3) is 3.84. The lowest BCUT2D eigenvalue weighted by molar-refractivity contribution is -0.124. The molecule has 0 bridgehead atoms. The lowest BCUT2D eigenvalue weighted by Gasteiger charge is -2.41. The van der Waals surface area contributed by atoms with Crippen molar-refractivity contribution < 1.29 is 4.79 Å². The highest BCUT2D eigenvalue weighted by molar-refractivity contribution is 5.83. The van der Waals surface area contributed by atoms with E-state index in [2.05, 4.69) is 31.2 Å². The van der Waals surface area contributed by atoms with Crippen molar-refractivity contribution >= 4 is 5.91 Å². The van der Waals surface area contributed by atoms with E-state index in [0.717, 1.165) is 12.0 Å². The van der Waals surface area contributed by atoms with Gasteiger partial charge in [-0.2, -0.15) is 5.10 Å². The first-order valence-electron chi connectivity index (χ1n) is 7.83. The number of nitrogens with zero attached hydrogens (tertiary/aromatic N) is 2. The maximum atomic E-state index is 12.4. The van der Waals surface area contributed by atoms with Gasteiger partial charge < -0.3 is 11.1 Å². The standard InChI is InChI=1S/C16H28N4O/c1-16(2,3)12-7-5-6-8-13(12)19-15(21)14(17)11-9-18-20(4)10-11/h9-10,12-14H,5-8,17H2,1-4H3,(H,19,21). The Hall–Kier alpha value is -1.36. The minimum Gasteiger partial charge on any atom is -0.351 e. The maximum Gasteiger partial charge on any atom is 0.241 e. The van der Waals surface area contributed by atoms with E-state index in [-0.39, 0.29) is 17.4 Å². The molecule has 5 heteroatoms. The predicted octanol–water partition coefficient (Wildman–Crippen LogP) is 2.14. The van der Waals surface area contributed by atoms with E-state index in [4.69, 9.17) is 5.73 Å². The number of rotatable bonds is 3. The average molecular weight is 292 g/mol. The molecular formula is C16H28N4O. The molecular weight excluding hydrogens is 264 g/mol. The van der Waals surface area contributed by atoms with Gasteiger partial charge in [-0.15, -0.1) is 0 Å². The van der Waals surface area contributed by atoms with Crippen molar-refractivity contribution in [3.8, 4) is 0 Å². The normalized spacial score (nSPS) is 24.6. The van der Waals surface area contributed by atoms with Gasteiger partial charge in [-0.25, -0.2) is 0 Å². The van der Waals surface area contributed by atoms with Gasteiger partial charge in [0.05, 0.1) is 6.20 Å². The number of hydrogen-bond acceptors (Lipinski definition) is 3. The van der Waals surface area contributed by atoms with Gasteiger partial charge in [-0.3, -0.25) is 9.48 Å². The van der Waals surface area contributed by atoms with Gasteiger partial charge in [0.1, 0.15) is 6.04 Å². The number of aryl methyl sites for hydroxylation is 1. The second kappa shape index (κ2) is 6.18. The second-order valence-corrected chi connectivity index (χ2v) is 7.30. The van der Waals surface area contributed by atoms with Gasteiger partial charge in [0, 0.05) is 24.8 Å². The van der Waals surface area contributed by atoms with Crippen molar-refractivity contribution in [3.63, 3.8) is 0 Å². The summed E-state index contributed by atoms with van der Waals surface area (Å²) in [6.07, 6.45) is 8.12. The number of aromatic nitrogens is 2. The summed E-state index contributed by atoms with van der Waals surface area (Å²) < 4.78 is 1.67. The molecule has 3 unspecified atom stereocenters. The monoisotopic (exact) mass is 292 g/mol. The molecule has 0 spiro atoms. The molecule has 1 aromatic rings. The third-order valence-corrected chi connectivity index (χ3v) is 4.57. The number of nitrogens with two attached hydrogens (primary N) is 1. The van der Waals surface area contributed by atoms with Crippen molar-refractivity contribution in [1.29, 1.82) is 0 Å². The Morgan fingerprint density at radius 2 is 2.10 bits per heavy atom. The molecule has 1 heterocycles. The van der Waals surface area contributed by atoms with Crippen molar-refractivity contribution in [3.05, 3.63) is 18.0 Å². The Labute approximate surface area is 127 Å². The molecule has 118 valence electrons. The van der Waals surface area contributed by atoms with E-state index in [1.807, 2.05) is 7.05 Å². The van der Waals surface area contributed by atoms with Gasteiger partial charge in [-0.1, -0.05) is 33.6 Å². The van der Waals surface area contributed by atoms with E-state index in [1.165, 1.54) is 19.3 Å². The van der Waals surface area contributed by atoms with E-state index in [0.29, 0.717) is 5.92 Å². The Kier molecular flexibility index (Phi) is 4.71. The van der Waals surface area contributed by atoms with Gasteiger partial charge in [0.15, 0.2) is 0 Å². The van der Waals surface area contributed by atoms with Gasteiger partial charge >= 0.3 is 0 Å². The lowest BCUT2D eigenvalue weighted by Crippen LogP contribution is -2.49. The zero-order valence-corrected chi connectivity index (χ0v) is 13.6. The van der Waals surface area contributed by atoms with E-state index in [1.54, 1.807) is 17.1 Å². The van der Waals surface area contributed by atoms with Crippen LogP contribution in [-0.2, 0) is 11.8 Å². The van der Waals surface area contributed by atoms with Crippen molar-refractivity contribution in [2.45, 2.75) is 58.5 Å². The first-order chi connectivity index (χ1) is 9.79. The van der Waals surface area contributed by atoms with E-state index in [9.17, 15) is 4.79 Å². The molecule has 0 aromatic carbocycles. The molecule has 3 atom stereocenters. The zero-order chi connectivity index (χ0) is 15.6. The Morgan fingerprint density at radius 1 is 1.43 bits per heavy atom. The number of carbonyl (C=O) groups excluding carboxylic acids is 1. The lowest BCUT2D eigenvalue weighted by atomic mass is 9.69. The summed E-state index contributed by atoms with van der Waals surface area (Å²) in [5.74, 6) is 0.417.